The average Bonchev–Trinajstić information content (AvgIpc) is 2.56. The van der Waals surface area contributed by atoms with E-state index in [0.29, 0.717) is 6.54 Å². The summed E-state index contributed by atoms with van der Waals surface area (Å²) in [5.41, 5.74) is 1.05. The summed E-state index contributed by atoms with van der Waals surface area (Å²) in [6, 6.07) is 9.45. The Labute approximate surface area is 140 Å². The second-order valence-electron chi connectivity index (χ2n) is 6.47. The first-order valence-corrected chi connectivity index (χ1v) is 8.27. The Balaban J connectivity index is 1.55. The molecule has 2 saturated heterocycles. The minimum absolute atomic E-state index is 0.0349. The highest BCUT2D eigenvalue weighted by atomic mass is 16.3. The van der Waals surface area contributed by atoms with Crippen molar-refractivity contribution in [3.8, 4) is 0 Å². The number of likely N-dealkylation sites (tertiary alicyclic amines) is 1. The molecule has 7 nitrogen and oxygen atoms in total. The molecule has 0 spiro atoms. The molecule has 2 heterocycles. The lowest BCUT2D eigenvalue weighted by molar-refractivity contribution is -0.138. The monoisotopic (exact) mass is 333 g/mol. The van der Waals surface area contributed by atoms with Gasteiger partial charge in [-0.3, -0.25) is 4.79 Å². The average molecular weight is 333 g/mol. The Bertz CT molecular complexity index is 585. The molecule has 3 N–H and O–H groups in total. The van der Waals surface area contributed by atoms with Gasteiger partial charge in [-0.2, -0.15) is 0 Å². The number of nitrogens with one attached hydrogen (secondary N) is 1. The highest BCUT2D eigenvalue weighted by molar-refractivity contribution is 5.84. The molecule has 24 heavy (non-hydrogen) atoms. The smallest absolute Gasteiger partial charge is 0.318 e. The molecule has 0 saturated carbocycles. The molecule has 2 aliphatic heterocycles. The fraction of sp³-hybridized carbons (Fsp3) is 0.529. The molecule has 2 aliphatic rings. The molecule has 2 fully saturated rings. The fourth-order valence-corrected chi connectivity index (χ4v) is 3.30. The molecule has 7 heteroatoms. The van der Waals surface area contributed by atoms with Crippen LogP contribution in [0.5, 0.6) is 0 Å². The molecule has 130 valence electrons. The predicted molar refractivity (Wildman–Crippen MR) is 87.1 cm³/mol. The molecule has 0 aliphatic carbocycles. The highest BCUT2D eigenvalue weighted by Crippen LogP contribution is 2.21. The first kappa shape index (κ1) is 16.7. The number of hydrogen-bond donors (Lipinski definition) is 3. The number of rotatable bonds is 3. The maximum Gasteiger partial charge on any atom is 0.318 e. The van der Waals surface area contributed by atoms with Crippen molar-refractivity contribution >= 4 is 11.9 Å². The van der Waals surface area contributed by atoms with Gasteiger partial charge in [0.15, 0.2) is 0 Å². The summed E-state index contributed by atoms with van der Waals surface area (Å²) in [6.45, 7) is 0.874. The normalized spacial score (nSPS) is 27.8. The largest absolute Gasteiger partial charge is 0.391 e. The van der Waals surface area contributed by atoms with Crippen LogP contribution in [0, 0.1) is 0 Å². The van der Waals surface area contributed by atoms with Crippen LogP contribution in [0.1, 0.15) is 24.4 Å². The maximum atomic E-state index is 12.3. The number of amides is 3. The van der Waals surface area contributed by atoms with Crippen molar-refractivity contribution in [1.82, 2.24) is 15.1 Å². The van der Waals surface area contributed by atoms with Crippen molar-refractivity contribution in [2.45, 2.75) is 31.1 Å². The van der Waals surface area contributed by atoms with Gasteiger partial charge in [0.25, 0.3) is 0 Å². The Kier molecular flexibility index (Phi) is 5.01. The first-order chi connectivity index (χ1) is 11.5. The maximum absolute atomic E-state index is 12.3. The Morgan fingerprint density at radius 2 is 1.83 bits per heavy atom. The summed E-state index contributed by atoms with van der Waals surface area (Å²) < 4.78 is 0. The van der Waals surface area contributed by atoms with Crippen molar-refractivity contribution < 1.29 is 19.8 Å². The molecule has 1 aromatic carbocycles. The lowest BCUT2D eigenvalue weighted by Gasteiger charge is -2.37. The number of nitrogens with zero attached hydrogens (tertiary/aromatic N) is 2. The molecule has 3 atom stereocenters. The van der Waals surface area contributed by atoms with E-state index in [1.807, 2.05) is 30.3 Å². The molecular weight excluding hydrogens is 310 g/mol. The fourth-order valence-electron chi connectivity index (χ4n) is 3.30. The van der Waals surface area contributed by atoms with Crippen molar-refractivity contribution in [2.75, 3.05) is 26.2 Å². The number of benzene rings is 1. The molecule has 0 radical (unpaired) electrons. The van der Waals surface area contributed by atoms with Crippen LogP contribution in [0.15, 0.2) is 30.3 Å². The van der Waals surface area contributed by atoms with E-state index in [2.05, 4.69) is 5.32 Å². The van der Waals surface area contributed by atoms with E-state index in [-0.39, 0.29) is 44.0 Å². The lowest BCUT2D eigenvalue weighted by atomic mass is 10.0. The number of β-amino-alcohol motifs (C(OH)–C–C–N with tert-alkyl or cyclic N) is 2. The number of aliphatic hydroxyl groups is 2. The quantitative estimate of drug-likeness (QED) is 0.731. The minimum Gasteiger partial charge on any atom is -0.391 e. The third-order valence-corrected chi connectivity index (χ3v) is 4.56. The Hall–Kier alpha value is -2.12. The Morgan fingerprint density at radius 1 is 1.17 bits per heavy atom. The zero-order valence-corrected chi connectivity index (χ0v) is 13.5. The molecule has 3 rings (SSSR count). The third kappa shape index (κ3) is 3.85. The minimum atomic E-state index is -0.713. The van der Waals surface area contributed by atoms with Crippen LogP contribution in [0.2, 0.25) is 0 Å². The predicted octanol–water partition coefficient (Wildman–Crippen LogP) is 0.0971. The van der Waals surface area contributed by atoms with E-state index in [4.69, 9.17) is 0 Å². The van der Waals surface area contributed by atoms with Crippen LogP contribution in [0.4, 0.5) is 4.79 Å². The lowest BCUT2D eigenvalue weighted by Crippen LogP contribution is -2.55. The summed E-state index contributed by atoms with van der Waals surface area (Å²) in [6.07, 6.45) is -0.410. The summed E-state index contributed by atoms with van der Waals surface area (Å²) in [5.74, 6) is -0.249. The van der Waals surface area contributed by atoms with Crippen LogP contribution < -0.4 is 5.32 Å². The second-order valence-corrected chi connectivity index (χ2v) is 6.47. The van der Waals surface area contributed by atoms with E-state index in [1.165, 1.54) is 9.80 Å². The highest BCUT2D eigenvalue weighted by Gasteiger charge is 2.31. The molecule has 0 bridgehead atoms. The molecule has 1 aromatic rings. The number of carbonyl (C=O) groups is 2. The van der Waals surface area contributed by atoms with Gasteiger partial charge < -0.3 is 25.3 Å². The zero-order chi connectivity index (χ0) is 17.1. The number of aliphatic hydroxyl groups excluding tert-OH is 2. The van der Waals surface area contributed by atoms with Crippen LogP contribution >= 0.6 is 0 Å². The van der Waals surface area contributed by atoms with Crippen molar-refractivity contribution in [3.63, 3.8) is 0 Å². The number of piperidine rings is 1. The van der Waals surface area contributed by atoms with E-state index < -0.39 is 12.2 Å². The van der Waals surface area contributed by atoms with Gasteiger partial charge in [0, 0.05) is 26.1 Å². The Morgan fingerprint density at radius 3 is 2.46 bits per heavy atom. The van der Waals surface area contributed by atoms with Gasteiger partial charge in [0.05, 0.1) is 18.2 Å². The van der Waals surface area contributed by atoms with Gasteiger partial charge in [0.1, 0.15) is 6.54 Å². The summed E-state index contributed by atoms with van der Waals surface area (Å²) in [7, 11) is 0. The standard InChI is InChI=1S/C17H23N3O4/c21-13-8-14(22)10-20(9-13)16(23)11-19-7-6-15(18-17(19)24)12-4-2-1-3-5-12/h1-5,13-15,21-22H,6-11H2,(H,18,24)/t13-,14+,15?. The number of hydrogen-bond acceptors (Lipinski definition) is 4. The molecular formula is C17H23N3O4. The van der Waals surface area contributed by atoms with Crippen LogP contribution in [0.25, 0.3) is 0 Å². The topological polar surface area (TPSA) is 93.1 Å². The first-order valence-electron chi connectivity index (χ1n) is 8.27. The summed E-state index contributed by atoms with van der Waals surface area (Å²) in [5, 5.41) is 22.3. The molecule has 1 unspecified atom stereocenters. The molecule has 0 aromatic heterocycles. The van der Waals surface area contributed by atoms with Gasteiger partial charge >= 0.3 is 6.03 Å². The van der Waals surface area contributed by atoms with Crippen LogP contribution in [0.3, 0.4) is 0 Å². The number of urea groups is 1. The van der Waals surface area contributed by atoms with Crippen LogP contribution in [-0.4, -0.2) is 70.3 Å². The van der Waals surface area contributed by atoms with Crippen LogP contribution in [-0.2, 0) is 4.79 Å². The third-order valence-electron chi connectivity index (χ3n) is 4.56. The zero-order valence-electron chi connectivity index (χ0n) is 13.5. The summed E-state index contributed by atoms with van der Waals surface area (Å²) in [4.78, 5) is 27.5. The van der Waals surface area contributed by atoms with Gasteiger partial charge in [0.2, 0.25) is 5.91 Å². The van der Waals surface area contributed by atoms with Crippen molar-refractivity contribution in [1.29, 1.82) is 0 Å². The van der Waals surface area contributed by atoms with Crippen molar-refractivity contribution in [3.05, 3.63) is 35.9 Å². The van der Waals surface area contributed by atoms with Gasteiger partial charge in [-0.25, -0.2) is 4.79 Å². The van der Waals surface area contributed by atoms with Gasteiger partial charge in [-0.1, -0.05) is 30.3 Å². The van der Waals surface area contributed by atoms with Gasteiger partial charge in [-0.15, -0.1) is 0 Å². The van der Waals surface area contributed by atoms with Gasteiger partial charge in [-0.05, 0) is 12.0 Å². The van der Waals surface area contributed by atoms with E-state index >= 15 is 0 Å². The van der Waals surface area contributed by atoms with Crippen molar-refractivity contribution in [2.24, 2.45) is 0 Å². The summed E-state index contributed by atoms with van der Waals surface area (Å²) >= 11 is 0. The van der Waals surface area contributed by atoms with E-state index in [9.17, 15) is 19.8 Å². The van der Waals surface area contributed by atoms with E-state index in [0.717, 1.165) is 12.0 Å². The SMILES string of the molecule is O=C(CN1CCC(c2ccccc2)NC1=O)N1C[C@H](O)C[C@H](O)C1. The molecule has 3 amide bonds. The van der Waals surface area contributed by atoms with E-state index in [1.54, 1.807) is 0 Å². The second kappa shape index (κ2) is 7.19. The number of carbonyl (C=O) groups excluding carboxylic acids is 2.